The van der Waals surface area contributed by atoms with E-state index in [0.717, 1.165) is 28.8 Å². The van der Waals surface area contributed by atoms with Crippen molar-refractivity contribution in [1.29, 1.82) is 0 Å². The Hall–Kier alpha value is -2.12. The summed E-state index contributed by atoms with van der Waals surface area (Å²) >= 11 is 0. The van der Waals surface area contributed by atoms with Gasteiger partial charge < -0.3 is 24.4 Å². The number of rotatable bonds is 2. The lowest BCUT2D eigenvalue weighted by Crippen LogP contribution is -2.51. The van der Waals surface area contributed by atoms with Crippen LogP contribution in [-0.4, -0.2) is 72.5 Å². The van der Waals surface area contributed by atoms with Crippen LogP contribution in [0, 0.1) is 11.3 Å². The molecule has 4 unspecified atom stereocenters. The predicted octanol–water partition coefficient (Wildman–Crippen LogP) is 2.62. The third-order valence-electron chi connectivity index (χ3n) is 7.64. The molecule has 0 aromatic heterocycles. The third kappa shape index (κ3) is 3.19. The van der Waals surface area contributed by atoms with Gasteiger partial charge in [0.05, 0.1) is 6.10 Å². The van der Waals surface area contributed by atoms with Gasteiger partial charge >= 0.3 is 6.09 Å². The number of piperidine rings is 1. The molecule has 30 heavy (non-hydrogen) atoms. The summed E-state index contributed by atoms with van der Waals surface area (Å²) in [5, 5.41) is 9.71. The van der Waals surface area contributed by atoms with Crippen LogP contribution in [0.25, 0.3) is 0 Å². The number of hydrogen-bond acceptors (Lipinski definition) is 5. The number of aliphatic hydroxyl groups is 1. The maximum absolute atomic E-state index is 12.8. The minimum atomic E-state index is -0.422. The zero-order chi connectivity index (χ0) is 21.8. The monoisotopic (exact) mass is 416 g/mol. The van der Waals surface area contributed by atoms with Crippen molar-refractivity contribution in [1.82, 2.24) is 9.80 Å². The molecule has 0 aromatic rings. The van der Waals surface area contributed by atoms with Gasteiger partial charge in [0, 0.05) is 49.9 Å². The Morgan fingerprint density at radius 2 is 1.97 bits per heavy atom. The topological polar surface area (TPSA) is 79.3 Å². The van der Waals surface area contributed by atoms with Gasteiger partial charge in [-0.1, -0.05) is 13.8 Å². The summed E-state index contributed by atoms with van der Waals surface area (Å²) in [5.41, 5.74) is 3.71. The lowest BCUT2D eigenvalue weighted by atomic mass is 9.59. The Balaban J connectivity index is 1.62. The Kier molecular flexibility index (Phi) is 5.31. The van der Waals surface area contributed by atoms with Crippen molar-refractivity contribution in [2.75, 3.05) is 27.2 Å². The second-order valence-corrected chi connectivity index (χ2v) is 9.27. The van der Waals surface area contributed by atoms with Crippen LogP contribution in [0.4, 0.5) is 4.79 Å². The highest BCUT2D eigenvalue weighted by Gasteiger charge is 2.51. The lowest BCUT2D eigenvalue weighted by Gasteiger charge is -2.49. The maximum Gasteiger partial charge on any atom is 0.410 e. The molecule has 164 valence electrons. The highest BCUT2D eigenvalue weighted by molar-refractivity contribution is 6.00. The molecular formula is C23H32N2O5. The standard InChI is InChI=1S/C23H32N2O5/c1-13-17-12-23(3)14(2)20(30-22(28)25-8-6-16(26)7-9-25)19(29-5)11-15(23)10-18(17)24(4)21(13)27/h10-11,14,16,19-20,26H,6-9,12H2,1-5H3. The molecule has 7 nitrogen and oxygen atoms in total. The van der Waals surface area contributed by atoms with Crippen LogP contribution in [0.1, 0.15) is 40.0 Å². The first kappa shape index (κ1) is 21.1. The number of amides is 2. The minimum Gasteiger partial charge on any atom is -0.443 e. The van der Waals surface area contributed by atoms with Gasteiger partial charge in [0.15, 0.2) is 0 Å². The molecule has 7 heteroatoms. The number of likely N-dealkylation sites (tertiary alicyclic amines) is 1. The normalized spacial score (nSPS) is 34.5. The summed E-state index contributed by atoms with van der Waals surface area (Å²) in [5.74, 6) is 0.0474. The quantitative estimate of drug-likeness (QED) is 0.749. The van der Waals surface area contributed by atoms with Gasteiger partial charge in [-0.2, -0.15) is 0 Å². The van der Waals surface area contributed by atoms with Crippen LogP contribution in [0.3, 0.4) is 0 Å². The van der Waals surface area contributed by atoms with Gasteiger partial charge in [-0.15, -0.1) is 0 Å². The van der Waals surface area contributed by atoms with Gasteiger partial charge in [-0.25, -0.2) is 4.79 Å². The van der Waals surface area contributed by atoms with Crippen molar-refractivity contribution < 1.29 is 24.2 Å². The fraction of sp³-hybridized carbons (Fsp3) is 0.652. The van der Waals surface area contributed by atoms with E-state index in [1.54, 1.807) is 16.9 Å². The average molecular weight is 417 g/mol. The minimum absolute atomic E-state index is 0.000823. The number of ether oxygens (including phenoxy) is 2. The second-order valence-electron chi connectivity index (χ2n) is 9.27. The Morgan fingerprint density at radius 1 is 1.30 bits per heavy atom. The van der Waals surface area contributed by atoms with Crippen molar-refractivity contribution in [3.8, 4) is 0 Å². The fourth-order valence-electron chi connectivity index (χ4n) is 5.27. The third-order valence-corrected chi connectivity index (χ3v) is 7.64. The summed E-state index contributed by atoms with van der Waals surface area (Å²) in [6.45, 7) is 7.18. The first-order valence-corrected chi connectivity index (χ1v) is 10.8. The largest absolute Gasteiger partial charge is 0.443 e. The van der Waals surface area contributed by atoms with Gasteiger partial charge in [0.1, 0.15) is 12.2 Å². The highest BCUT2D eigenvalue weighted by atomic mass is 16.6. The van der Waals surface area contributed by atoms with Crippen molar-refractivity contribution >= 4 is 12.0 Å². The molecule has 0 spiro atoms. The molecular weight excluding hydrogens is 384 g/mol. The number of aliphatic hydroxyl groups excluding tert-OH is 1. The van der Waals surface area contributed by atoms with E-state index in [0.29, 0.717) is 25.9 Å². The molecule has 2 aliphatic heterocycles. The molecule has 0 aromatic carbocycles. The molecule has 2 aliphatic carbocycles. The van der Waals surface area contributed by atoms with Gasteiger partial charge in [0.25, 0.3) is 5.91 Å². The van der Waals surface area contributed by atoms with E-state index in [1.807, 2.05) is 20.0 Å². The van der Waals surface area contributed by atoms with Crippen molar-refractivity contribution in [2.45, 2.75) is 58.3 Å². The Bertz CT molecular complexity index is 852. The smallest absolute Gasteiger partial charge is 0.410 e. The number of allylic oxidation sites excluding steroid dienone is 3. The van der Waals surface area contributed by atoms with E-state index in [4.69, 9.17) is 9.47 Å². The van der Waals surface area contributed by atoms with Crippen LogP contribution in [0.2, 0.25) is 0 Å². The molecule has 0 bridgehead atoms. The van der Waals surface area contributed by atoms with Crippen LogP contribution in [-0.2, 0) is 14.3 Å². The number of carbonyl (C=O) groups excluding carboxylic acids is 2. The molecule has 4 aliphatic rings. The summed E-state index contributed by atoms with van der Waals surface area (Å²) in [7, 11) is 3.44. The van der Waals surface area contributed by atoms with Crippen LogP contribution < -0.4 is 0 Å². The lowest BCUT2D eigenvalue weighted by molar-refractivity contribution is -0.123. The summed E-state index contributed by atoms with van der Waals surface area (Å²) in [4.78, 5) is 28.7. The first-order chi connectivity index (χ1) is 14.2. The predicted molar refractivity (Wildman–Crippen MR) is 111 cm³/mol. The average Bonchev–Trinajstić information content (AvgIpc) is 2.93. The van der Waals surface area contributed by atoms with E-state index >= 15 is 0 Å². The number of carbonyl (C=O) groups is 2. The summed E-state index contributed by atoms with van der Waals surface area (Å²) < 4.78 is 11.7. The molecule has 2 amide bonds. The summed E-state index contributed by atoms with van der Waals surface area (Å²) in [6.07, 6.45) is 4.56. The van der Waals surface area contributed by atoms with E-state index in [2.05, 4.69) is 19.9 Å². The molecule has 1 fully saturated rings. The first-order valence-electron chi connectivity index (χ1n) is 10.8. The number of nitrogens with zero attached hydrogens (tertiary/aromatic N) is 2. The summed E-state index contributed by atoms with van der Waals surface area (Å²) in [6, 6.07) is 0. The molecule has 4 atom stereocenters. The zero-order valence-corrected chi connectivity index (χ0v) is 18.5. The molecule has 0 radical (unpaired) electrons. The van der Waals surface area contributed by atoms with Crippen LogP contribution >= 0.6 is 0 Å². The molecule has 1 saturated heterocycles. The zero-order valence-electron chi connectivity index (χ0n) is 18.5. The molecule has 1 N–H and O–H groups in total. The maximum atomic E-state index is 12.8. The molecule has 0 saturated carbocycles. The second kappa shape index (κ2) is 7.54. The van der Waals surface area contributed by atoms with E-state index < -0.39 is 6.10 Å². The molecule has 4 rings (SSSR count). The van der Waals surface area contributed by atoms with Crippen molar-refractivity contribution in [3.05, 3.63) is 34.6 Å². The highest BCUT2D eigenvalue weighted by Crippen LogP contribution is 2.54. The SMILES string of the molecule is COC1C=C2C=C3C(=C(C)C(=O)N3C)CC2(C)C(C)C1OC(=O)N1CCC(O)CC1. The van der Waals surface area contributed by atoms with E-state index in [1.165, 1.54) is 0 Å². The number of likely N-dealkylation sites (N-methyl/N-ethyl adjacent to an activating group) is 1. The Morgan fingerprint density at radius 3 is 2.60 bits per heavy atom. The number of methoxy groups -OCH3 is 1. The van der Waals surface area contributed by atoms with Crippen molar-refractivity contribution in [2.24, 2.45) is 11.3 Å². The van der Waals surface area contributed by atoms with Crippen LogP contribution in [0.5, 0.6) is 0 Å². The van der Waals surface area contributed by atoms with Gasteiger partial charge in [0.2, 0.25) is 0 Å². The number of hydrogen-bond donors (Lipinski definition) is 1. The van der Waals surface area contributed by atoms with Crippen LogP contribution in [0.15, 0.2) is 34.6 Å². The number of fused-ring (bicyclic) bond motifs is 2. The van der Waals surface area contributed by atoms with Crippen molar-refractivity contribution in [3.63, 3.8) is 0 Å². The van der Waals surface area contributed by atoms with E-state index in [-0.39, 0.29) is 35.5 Å². The van der Waals surface area contributed by atoms with Gasteiger partial charge in [-0.3, -0.25) is 4.79 Å². The van der Waals surface area contributed by atoms with Gasteiger partial charge in [-0.05, 0) is 49.5 Å². The fourth-order valence-corrected chi connectivity index (χ4v) is 5.27. The Labute approximate surface area is 178 Å². The van der Waals surface area contributed by atoms with E-state index in [9.17, 15) is 14.7 Å². The molecule has 2 heterocycles.